The molecule has 1 aliphatic heterocycles. The number of morpholine rings is 1. The summed E-state index contributed by atoms with van der Waals surface area (Å²) >= 11 is 0. The van der Waals surface area contributed by atoms with Crippen molar-refractivity contribution in [2.75, 3.05) is 45.3 Å². The van der Waals surface area contributed by atoms with Crippen molar-refractivity contribution in [3.63, 3.8) is 0 Å². The van der Waals surface area contributed by atoms with E-state index in [0.717, 1.165) is 4.31 Å². The lowest BCUT2D eigenvalue weighted by molar-refractivity contribution is 0.121. The van der Waals surface area contributed by atoms with Crippen LogP contribution in [-0.2, 0) is 14.8 Å². The molecule has 0 radical (unpaired) electrons. The Morgan fingerprint density at radius 2 is 1.84 bits per heavy atom. The van der Waals surface area contributed by atoms with Crippen LogP contribution in [0.2, 0.25) is 0 Å². The lowest BCUT2D eigenvalue weighted by atomic mass is 10.2. The van der Waals surface area contributed by atoms with E-state index in [0.29, 0.717) is 37.8 Å². The van der Waals surface area contributed by atoms with Crippen molar-refractivity contribution < 1.29 is 17.6 Å². The fourth-order valence-corrected chi connectivity index (χ4v) is 3.37. The molecule has 1 aliphatic rings. The molecule has 0 bridgehead atoms. The Hall–Kier alpha value is -2.41. The Morgan fingerprint density at radius 1 is 1.20 bits per heavy atom. The van der Waals surface area contributed by atoms with E-state index in [2.05, 4.69) is 4.98 Å². The van der Waals surface area contributed by atoms with Crippen LogP contribution in [0.25, 0.3) is 11.5 Å². The number of hydrogen-bond acceptors (Lipinski definition) is 7. The van der Waals surface area contributed by atoms with E-state index in [9.17, 15) is 13.7 Å². The zero-order valence-corrected chi connectivity index (χ0v) is 14.8. The van der Waals surface area contributed by atoms with E-state index in [-0.39, 0.29) is 16.5 Å². The summed E-state index contributed by atoms with van der Waals surface area (Å²) in [7, 11) is -0.538. The van der Waals surface area contributed by atoms with Gasteiger partial charge in [0.05, 0.1) is 18.1 Å². The van der Waals surface area contributed by atoms with Gasteiger partial charge in [-0.25, -0.2) is 12.7 Å². The van der Waals surface area contributed by atoms with Gasteiger partial charge in [0.2, 0.25) is 27.5 Å². The maximum Gasteiger partial charge on any atom is 0.242 e. The molecule has 1 aromatic carbocycles. The van der Waals surface area contributed by atoms with Gasteiger partial charge in [0.25, 0.3) is 0 Å². The molecule has 1 saturated heterocycles. The topological polar surface area (TPSA) is 99.7 Å². The fourth-order valence-electron chi connectivity index (χ4n) is 2.47. The van der Waals surface area contributed by atoms with Crippen LogP contribution in [0.4, 0.5) is 5.88 Å². The van der Waals surface area contributed by atoms with Crippen LogP contribution in [0.5, 0.6) is 0 Å². The van der Waals surface area contributed by atoms with Crippen LogP contribution in [0, 0.1) is 11.3 Å². The summed E-state index contributed by atoms with van der Waals surface area (Å²) in [6.45, 7) is 2.39. The van der Waals surface area contributed by atoms with Gasteiger partial charge in [0.1, 0.15) is 6.07 Å². The number of nitriles is 1. The van der Waals surface area contributed by atoms with Gasteiger partial charge in [0, 0.05) is 32.7 Å². The fraction of sp³-hybridized carbons (Fsp3) is 0.375. The molecule has 0 saturated carbocycles. The first-order valence-electron chi connectivity index (χ1n) is 7.70. The number of rotatable bonds is 4. The molecule has 0 spiro atoms. The van der Waals surface area contributed by atoms with Crippen molar-refractivity contribution in [1.29, 1.82) is 5.26 Å². The molecule has 0 unspecified atom stereocenters. The number of sulfonamides is 1. The molecule has 0 aliphatic carbocycles. The first kappa shape index (κ1) is 17.4. The highest BCUT2D eigenvalue weighted by Gasteiger charge is 2.23. The normalized spacial score (nSPS) is 15.4. The summed E-state index contributed by atoms with van der Waals surface area (Å²) in [5.74, 6) is 0.706. The molecular weight excluding hydrogens is 344 g/mol. The molecule has 2 aromatic rings. The number of anilines is 1. The maximum absolute atomic E-state index is 12.1. The standard InChI is InChI=1S/C16H18N4O4S/c1-19(2)25(21,22)13-5-3-12(4-6-13)15-18-14(11-17)16(24-15)20-7-9-23-10-8-20/h3-6H,7-10H2,1-2H3. The first-order valence-corrected chi connectivity index (χ1v) is 9.14. The number of benzene rings is 1. The minimum absolute atomic E-state index is 0.182. The predicted octanol–water partition coefficient (Wildman–Crippen LogP) is 1.30. The first-order chi connectivity index (χ1) is 11.9. The molecule has 8 nitrogen and oxygen atoms in total. The van der Waals surface area contributed by atoms with Gasteiger partial charge in [-0.15, -0.1) is 0 Å². The van der Waals surface area contributed by atoms with Crippen LogP contribution in [0.1, 0.15) is 5.69 Å². The summed E-state index contributed by atoms with van der Waals surface area (Å²) in [6, 6.07) is 8.27. The van der Waals surface area contributed by atoms with Crippen molar-refractivity contribution in [1.82, 2.24) is 9.29 Å². The molecular formula is C16H18N4O4S. The zero-order valence-electron chi connectivity index (χ0n) is 14.0. The van der Waals surface area contributed by atoms with Gasteiger partial charge < -0.3 is 14.1 Å². The second-order valence-corrected chi connectivity index (χ2v) is 7.85. The SMILES string of the molecule is CN(C)S(=O)(=O)c1ccc(-c2nc(C#N)c(N3CCOCC3)o2)cc1. The zero-order chi connectivity index (χ0) is 18.0. The molecule has 0 atom stereocenters. The van der Waals surface area contributed by atoms with E-state index >= 15 is 0 Å². The summed E-state index contributed by atoms with van der Waals surface area (Å²) in [5, 5.41) is 9.31. The van der Waals surface area contributed by atoms with Gasteiger partial charge in [-0.05, 0) is 24.3 Å². The summed E-state index contributed by atoms with van der Waals surface area (Å²) in [4.78, 5) is 6.33. The average molecular weight is 362 g/mol. The minimum Gasteiger partial charge on any atom is -0.419 e. The average Bonchev–Trinajstić information content (AvgIpc) is 3.07. The number of hydrogen-bond donors (Lipinski definition) is 0. The second-order valence-electron chi connectivity index (χ2n) is 5.70. The van der Waals surface area contributed by atoms with E-state index in [4.69, 9.17) is 9.15 Å². The smallest absolute Gasteiger partial charge is 0.242 e. The highest BCUT2D eigenvalue weighted by molar-refractivity contribution is 7.89. The van der Waals surface area contributed by atoms with Crippen LogP contribution < -0.4 is 4.90 Å². The third-order valence-corrected chi connectivity index (χ3v) is 5.72. The van der Waals surface area contributed by atoms with E-state index in [1.165, 1.54) is 26.2 Å². The third kappa shape index (κ3) is 3.37. The Balaban J connectivity index is 1.92. The quantitative estimate of drug-likeness (QED) is 0.808. The van der Waals surface area contributed by atoms with Crippen LogP contribution in [0.3, 0.4) is 0 Å². The minimum atomic E-state index is -3.49. The molecule has 9 heteroatoms. The van der Waals surface area contributed by atoms with E-state index < -0.39 is 10.0 Å². The summed E-state index contributed by atoms with van der Waals surface area (Å²) in [5.41, 5.74) is 0.815. The van der Waals surface area contributed by atoms with Gasteiger partial charge >= 0.3 is 0 Å². The molecule has 0 N–H and O–H groups in total. The molecule has 3 rings (SSSR count). The number of aromatic nitrogens is 1. The highest BCUT2D eigenvalue weighted by atomic mass is 32.2. The van der Waals surface area contributed by atoms with Gasteiger partial charge in [-0.1, -0.05) is 0 Å². The third-order valence-electron chi connectivity index (χ3n) is 3.89. The lowest BCUT2D eigenvalue weighted by Crippen LogP contribution is -2.36. The van der Waals surface area contributed by atoms with Crippen molar-refractivity contribution >= 4 is 15.9 Å². The van der Waals surface area contributed by atoms with Gasteiger partial charge in [0.15, 0.2) is 0 Å². The van der Waals surface area contributed by atoms with E-state index in [1.807, 2.05) is 11.0 Å². The Labute approximate surface area is 146 Å². The van der Waals surface area contributed by atoms with Crippen molar-refractivity contribution in [2.24, 2.45) is 0 Å². The van der Waals surface area contributed by atoms with Crippen LogP contribution in [0.15, 0.2) is 33.6 Å². The molecule has 2 heterocycles. The number of oxazole rings is 1. The maximum atomic E-state index is 12.1. The lowest BCUT2D eigenvalue weighted by Gasteiger charge is -2.25. The molecule has 1 aromatic heterocycles. The number of ether oxygens (including phenoxy) is 1. The number of nitrogens with zero attached hydrogens (tertiary/aromatic N) is 4. The summed E-state index contributed by atoms with van der Waals surface area (Å²) in [6.07, 6.45) is 0. The predicted molar refractivity (Wildman–Crippen MR) is 90.6 cm³/mol. The largest absolute Gasteiger partial charge is 0.419 e. The second kappa shape index (κ2) is 6.84. The van der Waals surface area contributed by atoms with Crippen molar-refractivity contribution in [3.8, 4) is 17.5 Å². The van der Waals surface area contributed by atoms with Crippen molar-refractivity contribution in [2.45, 2.75) is 4.90 Å². The van der Waals surface area contributed by atoms with Crippen molar-refractivity contribution in [3.05, 3.63) is 30.0 Å². The Kier molecular flexibility index (Phi) is 4.76. The summed E-state index contributed by atoms with van der Waals surface area (Å²) < 4.78 is 36.5. The molecule has 0 amide bonds. The highest BCUT2D eigenvalue weighted by Crippen LogP contribution is 2.29. The monoisotopic (exact) mass is 362 g/mol. The Bertz CT molecular complexity index is 891. The van der Waals surface area contributed by atoms with Crippen LogP contribution >= 0.6 is 0 Å². The molecule has 25 heavy (non-hydrogen) atoms. The molecule has 132 valence electrons. The Morgan fingerprint density at radius 3 is 2.40 bits per heavy atom. The molecule has 1 fully saturated rings. The van der Waals surface area contributed by atoms with Gasteiger partial charge in [-0.3, -0.25) is 0 Å². The van der Waals surface area contributed by atoms with Gasteiger partial charge in [-0.2, -0.15) is 10.2 Å². The van der Waals surface area contributed by atoms with E-state index in [1.54, 1.807) is 12.1 Å². The van der Waals surface area contributed by atoms with Crippen LogP contribution in [-0.4, -0.2) is 58.1 Å².